The highest BCUT2D eigenvalue weighted by Gasteiger charge is 2.12. The Morgan fingerprint density at radius 3 is 2.95 bits per heavy atom. The lowest BCUT2D eigenvalue weighted by molar-refractivity contribution is -0.384. The topological polar surface area (TPSA) is 68.1 Å². The summed E-state index contributed by atoms with van der Waals surface area (Å²) in [4.78, 5) is 16.0. The second-order valence-electron chi connectivity index (χ2n) is 4.10. The monoisotopic (exact) mass is 277 g/mol. The van der Waals surface area contributed by atoms with Gasteiger partial charge in [-0.15, -0.1) is 11.3 Å². The molecule has 6 heteroatoms. The minimum absolute atomic E-state index is 0.0955. The third-order valence-corrected chi connectivity index (χ3v) is 3.67. The van der Waals surface area contributed by atoms with Crippen LogP contribution < -0.4 is 5.32 Å². The molecule has 0 aliphatic carbocycles. The molecule has 1 N–H and O–H groups in total. The molecule has 0 bridgehead atoms. The normalized spacial score (nSPS) is 10.6. The molecule has 0 radical (unpaired) electrons. The maximum Gasteiger partial charge on any atom is 0.270 e. The van der Waals surface area contributed by atoms with E-state index in [-0.39, 0.29) is 10.6 Å². The Morgan fingerprint density at radius 2 is 2.26 bits per heavy atom. The van der Waals surface area contributed by atoms with Crippen molar-refractivity contribution in [3.05, 3.63) is 44.3 Å². The van der Waals surface area contributed by atoms with Crippen LogP contribution in [0, 0.1) is 17.0 Å². The first-order chi connectivity index (χ1) is 9.11. The van der Waals surface area contributed by atoms with Gasteiger partial charge in [-0.05, 0) is 13.5 Å². The molecular formula is C13H15N3O2S. The van der Waals surface area contributed by atoms with E-state index in [1.165, 1.54) is 6.07 Å². The van der Waals surface area contributed by atoms with Gasteiger partial charge in [0.05, 0.1) is 10.6 Å². The molecule has 0 saturated carbocycles. The molecule has 19 heavy (non-hydrogen) atoms. The molecule has 1 aromatic carbocycles. The molecule has 0 unspecified atom stereocenters. The van der Waals surface area contributed by atoms with Crippen molar-refractivity contribution in [1.29, 1.82) is 0 Å². The van der Waals surface area contributed by atoms with Crippen molar-refractivity contribution in [1.82, 2.24) is 10.3 Å². The van der Waals surface area contributed by atoms with Gasteiger partial charge in [0.25, 0.3) is 5.69 Å². The van der Waals surface area contributed by atoms with Crippen LogP contribution in [0.3, 0.4) is 0 Å². The fourth-order valence-electron chi connectivity index (χ4n) is 1.79. The first-order valence-electron chi connectivity index (χ1n) is 6.03. The van der Waals surface area contributed by atoms with Gasteiger partial charge in [-0.1, -0.05) is 19.1 Å². The number of hydrogen-bond acceptors (Lipinski definition) is 5. The van der Waals surface area contributed by atoms with Gasteiger partial charge in [0.1, 0.15) is 5.01 Å². The average molecular weight is 277 g/mol. The van der Waals surface area contributed by atoms with Crippen molar-refractivity contribution in [2.45, 2.75) is 20.4 Å². The highest BCUT2D eigenvalue weighted by molar-refractivity contribution is 7.12. The zero-order valence-electron chi connectivity index (χ0n) is 10.8. The van der Waals surface area contributed by atoms with Crippen LogP contribution in [0.5, 0.6) is 0 Å². The van der Waals surface area contributed by atoms with Gasteiger partial charge in [-0.3, -0.25) is 10.1 Å². The molecule has 2 rings (SSSR count). The van der Waals surface area contributed by atoms with E-state index in [0.29, 0.717) is 0 Å². The van der Waals surface area contributed by atoms with Gasteiger partial charge < -0.3 is 5.32 Å². The van der Waals surface area contributed by atoms with E-state index in [0.717, 1.165) is 34.2 Å². The van der Waals surface area contributed by atoms with E-state index in [1.54, 1.807) is 23.5 Å². The summed E-state index contributed by atoms with van der Waals surface area (Å²) >= 11 is 1.62. The number of nitro benzene ring substituents is 1. The molecule has 1 aromatic heterocycles. The van der Waals surface area contributed by atoms with E-state index in [2.05, 4.69) is 10.3 Å². The molecule has 0 atom stereocenters. The number of aryl methyl sites for hydroxylation is 1. The number of nitrogens with one attached hydrogen (secondary N) is 1. The van der Waals surface area contributed by atoms with Crippen LogP contribution in [-0.4, -0.2) is 16.5 Å². The van der Waals surface area contributed by atoms with Crippen molar-refractivity contribution >= 4 is 17.0 Å². The Hall–Kier alpha value is -1.79. The molecule has 0 aliphatic rings. The summed E-state index contributed by atoms with van der Waals surface area (Å²) in [5.41, 5.74) is 1.73. The fraction of sp³-hybridized carbons (Fsp3) is 0.308. The lowest BCUT2D eigenvalue weighted by Crippen LogP contribution is -2.11. The molecule has 1 heterocycles. The SMILES string of the molecule is CCNCc1nc(-c2cccc([N+](=O)[O-])c2)c(C)s1. The summed E-state index contributed by atoms with van der Waals surface area (Å²) in [5.74, 6) is 0. The first-order valence-corrected chi connectivity index (χ1v) is 6.85. The van der Waals surface area contributed by atoms with Gasteiger partial charge in [-0.2, -0.15) is 0 Å². The quantitative estimate of drug-likeness (QED) is 0.673. The number of non-ortho nitro benzene ring substituents is 1. The Labute approximate surface area is 115 Å². The third kappa shape index (κ3) is 3.15. The van der Waals surface area contributed by atoms with E-state index in [9.17, 15) is 10.1 Å². The Kier molecular flexibility index (Phi) is 4.24. The second-order valence-corrected chi connectivity index (χ2v) is 5.39. The van der Waals surface area contributed by atoms with Crippen LogP contribution in [0.1, 0.15) is 16.8 Å². The lowest BCUT2D eigenvalue weighted by atomic mass is 10.1. The smallest absolute Gasteiger partial charge is 0.270 e. The largest absolute Gasteiger partial charge is 0.311 e. The first kappa shape index (κ1) is 13.6. The maximum absolute atomic E-state index is 10.8. The predicted molar refractivity (Wildman–Crippen MR) is 76.3 cm³/mol. The molecule has 5 nitrogen and oxygen atoms in total. The van der Waals surface area contributed by atoms with Gasteiger partial charge in [0.15, 0.2) is 0 Å². The highest BCUT2D eigenvalue weighted by atomic mass is 32.1. The molecule has 0 fully saturated rings. The summed E-state index contributed by atoms with van der Waals surface area (Å²) in [6.07, 6.45) is 0. The van der Waals surface area contributed by atoms with Crippen molar-refractivity contribution in [2.24, 2.45) is 0 Å². The van der Waals surface area contributed by atoms with Crippen LogP contribution in [-0.2, 0) is 6.54 Å². The van der Waals surface area contributed by atoms with Crippen molar-refractivity contribution in [3.63, 3.8) is 0 Å². The number of rotatable bonds is 5. The number of aromatic nitrogens is 1. The molecule has 0 aliphatic heterocycles. The van der Waals surface area contributed by atoms with Gasteiger partial charge in [-0.25, -0.2) is 4.98 Å². The highest BCUT2D eigenvalue weighted by Crippen LogP contribution is 2.29. The summed E-state index contributed by atoms with van der Waals surface area (Å²) in [6, 6.07) is 6.60. The molecule has 2 aromatic rings. The average Bonchev–Trinajstić information content (AvgIpc) is 2.77. The molecule has 0 amide bonds. The number of benzene rings is 1. The summed E-state index contributed by atoms with van der Waals surface area (Å²) in [5, 5.41) is 15.0. The van der Waals surface area contributed by atoms with E-state index >= 15 is 0 Å². The minimum Gasteiger partial charge on any atom is -0.311 e. The lowest BCUT2D eigenvalue weighted by Gasteiger charge is -1.99. The Bertz CT molecular complexity index is 595. The minimum atomic E-state index is -0.384. The number of thiazole rings is 1. The molecular weight excluding hydrogens is 262 g/mol. The summed E-state index contributed by atoms with van der Waals surface area (Å²) < 4.78 is 0. The number of hydrogen-bond donors (Lipinski definition) is 1. The van der Waals surface area contributed by atoms with Crippen LogP contribution in [0.25, 0.3) is 11.3 Å². The standard InChI is InChI=1S/C13H15N3O2S/c1-3-14-8-12-15-13(9(2)19-12)10-5-4-6-11(7-10)16(17)18/h4-7,14H,3,8H2,1-2H3. The van der Waals surface area contributed by atoms with Crippen molar-refractivity contribution in [3.8, 4) is 11.3 Å². The van der Waals surface area contributed by atoms with Crippen LogP contribution >= 0.6 is 11.3 Å². The predicted octanol–water partition coefficient (Wildman–Crippen LogP) is 3.14. The number of nitro groups is 1. The number of nitrogens with zero attached hydrogens (tertiary/aromatic N) is 2. The van der Waals surface area contributed by atoms with Crippen LogP contribution in [0.2, 0.25) is 0 Å². The zero-order chi connectivity index (χ0) is 13.8. The molecule has 0 spiro atoms. The Morgan fingerprint density at radius 1 is 1.47 bits per heavy atom. The Balaban J connectivity index is 2.33. The molecule has 100 valence electrons. The van der Waals surface area contributed by atoms with Crippen LogP contribution in [0.15, 0.2) is 24.3 Å². The third-order valence-electron chi connectivity index (χ3n) is 2.70. The molecule has 0 saturated heterocycles. The van der Waals surface area contributed by atoms with Gasteiger partial charge in [0.2, 0.25) is 0 Å². The second kappa shape index (κ2) is 5.90. The van der Waals surface area contributed by atoms with Gasteiger partial charge in [0, 0.05) is 29.1 Å². The van der Waals surface area contributed by atoms with E-state index in [1.807, 2.05) is 19.9 Å². The van der Waals surface area contributed by atoms with Gasteiger partial charge >= 0.3 is 0 Å². The zero-order valence-corrected chi connectivity index (χ0v) is 11.7. The summed E-state index contributed by atoms with van der Waals surface area (Å²) in [6.45, 7) is 5.66. The maximum atomic E-state index is 10.8. The fourth-order valence-corrected chi connectivity index (χ4v) is 2.72. The summed E-state index contributed by atoms with van der Waals surface area (Å²) in [7, 11) is 0. The van der Waals surface area contributed by atoms with E-state index in [4.69, 9.17) is 0 Å². The van der Waals surface area contributed by atoms with Crippen LogP contribution in [0.4, 0.5) is 5.69 Å². The van der Waals surface area contributed by atoms with Crippen molar-refractivity contribution in [2.75, 3.05) is 6.54 Å². The van der Waals surface area contributed by atoms with E-state index < -0.39 is 0 Å². The van der Waals surface area contributed by atoms with Crippen molar-refractivity contribution < 1.29 is 4.92 Å².